The minimum atomic E-state index is -1.10. The molecule has 0 heterocycles. The first-order chi connectivity index (χ1) is 13.2. The fourth-order valence-electron chi connectivity index (χ4n) is 3.47. The van der Waals surface area contributed by atoms with Crippen LogP contribution < -0.4 is 34.7 Å². The van der Waals surface area contributed by atoms with Gasteiger partial charge in [0.1, 0.15) is 0 Å². The Bertz CT molecular complexity index is 356. The molecule has 0 aromatic heterocycles. The van der Waals surface area contributed by atoms with Gasteiger partial charge in [-0.15, -0.1) is 0 Å². The van der Waals surface area contributed by atoms with Crippen molar-refractivity contribution in [1.29, 1.82) is 0 Å². The van der Waals surface area contributed by atoms with Crippen LogP contribution >= 0.6 is 0 Å². The van der Waals surface area contributed by atoms with Crippen LogP contribution in [-0.4, -0.2) is 11.1 Å². The van der Waals surface area contributed by atoms with Gasteiger partial charge in [-0.2, -0.15) is 0 Å². The monoisotopic (exact) mass is 404 g/mol. The quantitative estimate of drug-likeness (QED) is 0.179. The van der Waals surface area contributed by atoms with Crippen molar-refractivity contribution in [2.75, 3.05) is 0 Å². The number of hydrogen-bond donors (Lipinski definition) is 1. The van der Waals surface area contributed by atoms with Gasteiger partial charge in [0, 0.05) is 12.4 Å². The first-order valence-corrected chi connectivity index (χ1v) is 11.7. The average Bonchev–Trinajstić information content (AvgIpc) is 2.65. The number of aliphatic carboxylic acids is 1. The number of aliphatic hydroxyl groups excluding tert-OH is 1. The second-order valence-corrected chi connectivity index (χ2v) is 8.01. The van der Waals surface area contributed by atoms with Crippen LogP contribution in [0.3, 0.4) is 0 Å². The Morgan fingerprint density at radius 3 is 1.39 bits per heavy atom. The Balaban J connectivity index is 0. The van der Waals surface area contributed by atoms with Gasteiger partial charge in [0.15, 0.2) is 0 Å². The summed E-state index contributed by atoms with van der Waals surface area (Å²) in [4.78, 5) is 10.3. The summed E-state index contributed by atoms with van der Waals surface area (Å²) in [6.07, 6.45) is 25.9. The molecule has 1 N–H and O–H groups in total. The summed E-state index contributed by atoms with van der Waals surface area (Å²) in [5.41, 5.74) is 0. The Morgan fingerprint density at radius 2 is 1.04 bits per heavy atom. The third-order valence-electron chi connectivity index (χ3n) is 5.27. The molecule has 0 fully saturated rings. The predicted molar refractivity (Wildman–Crippen MR) is 114 cm³/mol. The van der Waals surface area contributed by atoms with Crippen LogP contribution in [0.2, 0.25) is 0 Å². The number of carbonyl (C=O) groups excluding carboxylic acids is 1. The minimum absolute atomic E-state index is 0. The van der Waals surface area contributed by atoms with Gasteiger partial charge in [0.05, 0.1) is 5.76 Å². The van der Waals surface area contributed by atoms with E-state index in [-0.39, 0.29) is 48.2 Å². The van der Waals surface area contributed by atoms with E-state index in [1.807, 2.05) is 0 Å². The fraction of sp³-hybridized carbons (Fsp3) is 0.875. The van der Waals surface area contributed by atoms with E-state index in [1.54, 1.807) is 6.08 Å². The minimum Gasteiger partial charge on any atom is -0.550 e. The second-order valence-electron chi connectivity index (χ2n) is 8.01. The summed E-state index contributed by atoms with van der Waals surface area (Å²) < 4.78 is 0. The van der Waals surface area contributed by atoms with Crippen molar-refractivity contribution in [2.24, 2.45) is 0 Å². The molecule has 4 heteroatoms. The zero-order valence-electron chi connectivity index (χ0n) is 19.0. The largest absolute Gasteiger partial charge is 1.00 e. The number of unbranched alkanes of at least 4 members (excludes halogenated alkanes) is 17. The summed E-state index contributed by atoms with van der Waals surface area (Å²) >= 11 is 0. The Kier molecular flexibility index (Phi) is 27.0. The summed E-state index contributed by atoms with van der Waals surface area (Å²) in [7, 11) is 0. The molecule has 0 unspecified atom stereocenters. The molecule has 0 aliphatic carbocycles. The number of rotatable bonds is 21. The van der Waals surface area contributed by atoms with Gasteiger partial charge < -0.3 is 15.0 Å². The topological polar surface area (TPSA) is 60.4 Å². The SMILES string of the molecule is CCCCCCCCCCCCCCCCCCCC=C(O)CCC(=O)[O-].[Na+]. The maximum absolute atomic E-state index is 10.3. The maximum Gasteiger partial charge on any atom is 1.00 e. The van der Waals surface area contributed by atoms with Crippen molar-refractivity contribution < 1.29 is 44.6 Å². The van der Waals surface area contributed by atoms with Gasteiger partial charge in [-0.1, -0.05) is 110 Å². The number of carboxylic acids is 1. The van der Waals surface area contributed by atoms with Crippen LogP contribution in [0.5, 0.6) is 0 Å². The van der Waals surface area contributed by atoms with Gasteiger partial charge in [0.25, 0.3) is 0 Å². The van der Waals surface area contributed by atoms with E-state index in [1.165, 1.54) is 103 Å². The molecule has 0 aromatic carbocycles. The third kappa shape index (κ3) is 26.0. The maximum atomic E-state index is 10.3. The van der Waals surface area contributed by atoms with E-state index in [4.69, 9.17) is 0 Å². The van der Waals surface area contributed by atoms with E-state index >= 15 is 0 Å². The Morgan fingerprint density at radius 1 is 0.679 bits per heavy atom. The number of hydrogen-bond acceptors (Lipinski definition) is 3. The molecule has 0 bridgehead atoms. The molecule has 0 radical (unpaired) electrons. The Labute approximate surface area is 197 Å². The van der Waals surface area contributed by atoms with Crippen molar-refractivity contribution in [2.45, 2.75) is 135 Å². The number of aliphatic hydroxyl groups is 1. The van der Waals surface area contributed by atoms with Crippen molar-refractivity contribution in [1.82, 2.24) is 0 Å². The summed E-state index contributed by atoms with van der Waals surface area (Å²) in [6.45, 7) is 2.28. The molecule has 0 rings (SSSR count). The summed E-state index contributed by atoms with van der Waals surface area (Å²) in [5, 5.41) is 19.8. The molecular formula is C24H45NaO3. The Hall–Kier alpha value is 0.0100. The molecular weight excluding hydrogens is 359 g/mol. The van der Waals surface area contributed by atoms with E-state index in [0.29, 0.717) is 0 Å². The van der Waals surface area contributed by atoms with Gasteiger partial charge in [-0.3, -0.25) is 0 Å². The zero-order chi connectivity index (χ0) is 20.0. The van der Waals surface area contributed by atoms with E-state index in [2.05, 4.69) is 6.92 Å². The van der Waals surface area contributed by atoms with Crippen LogP contribution in [0.1, 0.15) is 135 Å². The number of allylic oxidation sites excluding steroid dienone is 2. The summed E-state index contributed by atoms with van der Waals surface area (Å²) in [5.74, 6) is -0.913. The van der Waals surface area contributed by atoms with Crippen LogP contribution in [0, 0.1) is 0 Å². The molecule has 0 amide bonds. The molecule has 28 heavy (non-hydrogen) atoms. The van der Waals surface area contributed by atoms with Crippen molar-refractivity contribution in [3.05, 3.63) is 11.8 Å². The molecule has 3 nitrogen and oxygen atoms in total. The third-order valence-corrected chi connectivity index (χ3v) is 5.27. The second kappa shape index (κ2) is 25.0. The molecule has 0 aliphatic rings. The van der Waals surface area contributed by atoms with E-state index in [0.717, 1.165) is 12.8 Å². The van der Waals surface area contributed by atoms with Gasteiger partial charge in [-0.25, -0.2) is 0 Å². The molecule has 0 aromatic rings. The normalized spacial score (nSPS) is 11.4. The van der Waals surface area contributed by atoms with Crippen LogP contribution in [0.4, 0.5) is 0 Å². The van der Waals surface area contributed by atoms with Crippen LogP contribution in [0.15, 0.2) is 11.8 Å². The van der Waals surface area contributed by atoms with Crippen molar-refractivity contribution >= 4 is 5.97 Å². The summed E-state index contributed by atoms with van der Waals surface area (Å²) in [6, 6.07) is 0. The molecule has 0 atom stereocenters. The number of carboxylic acid groups (broad SMARTS) is 1. The van der Waals surface area contributed by atoms with Crippen LogP contribution in [0.25, 0.3) is 0 Å². The van der Waals surface area contributed by atoms with Crippen molar-refractivity contribution in [3.8, 4) is 0 Å². The molecule has 160 valence electrons. The molecule has 0 spiro atoms. The fourth-order valence-corrected chi connectivity index (χ4v) is 3.47. The molecule has 0 aliphatic heterocycles. The molecule has 0 saturated heterocycles. The van der Waals surface area contributed by atoms with Crippen molar-refractivity contribution in [3.63, 3.8) is 0 Å². The van der Waals surface area contributed by atoms with Gasteiger partial charge in [-0.05, 0) is 25.3 Å². The van der Waals surface area contributed by atoms with E-state index < -0.39 is 5.97 Å². The standard InChI is InChI=1S/C24H46O3.Na/c1-2-3-4-5-6-7-8-9-10-11-12-13-14-15-16-17-18-19-20-23(25)21-22-24(26)27;/h20,25H,2-19,21-22H2,1H3,(H,26,27);/q;+1/p-1. The number of carbonyl (C=O) groups is 1. The predicted octanol–water partition coefficient (Wildman–Crippen LogP) is 4.00. The molecule has 0 saturated carbocycles. The first kappa shape index (κ1) is 30.2. The van der Waals surface area contributed by atoms with Crippen LogP contribution in [-0.2, 0) is 4.79 Å². The first-order valence-electron chi connectivity index (χ1n) is 11.7. The average molecular weight is 405 g/mol. The zero-order valence-corrected chi connectivity index (χ0v) is 21.0. The van der Waals surface area contributed by atoms with E-state index in [9.17, 15) is 15.0 Å². The van der Waals surface area contributed by atoms with Gasteiger partial charge >= 0.3 is 29.6 Å². The van der Waals surface area contributed by atoms with Gasteiger partial charge in [0.2, 0.25) is 0 Å². The smallest absolute Gasteiger partial charge is 0.550 e.